The number of quaternary nitrogens is 1. The number of esters is 2. The van der Waals surface area contributed by atoms with Crippen molar-refractivity contribution in [2.24, 2.45) is 0 Å². The number of phosphoric ester groups is 1. The van der Waals surface area contributed by atoms with E-state index in [1.54, 1.807) is 0 Å². The number of carbonyl (C=O) groups excluding carboxylic acids is 3. The molecule has 2 aliphatic heterocycles. The minimum atomic E-state index is -4.79. The molecule has 401 valence electrons. The fraction of sp³-hybridized carbons (Fsp3) is 0.596. The first kappa shape index (κ1) is 59.7. The quantitative estimate of drug-likeness (QED) is 0.0277. The number of ether oxygens (including phenoxy) is 2. The number of fused-ring (bicyclic) bond motifs is 8. The van der Waals surface area contributed by atoms with E-state index in [1.165, 1.54) is 57.8 Å². The molecule has 73 heavy (non-hydrogen) atoms. The summed E-state index contributed by atoms with van der Waals surface area (Å²) in [7, 11) is 0.933. The van der Waals surface area contributed by atoms with Crippen molar-refractivity contribution >= 4 is 64.8 Å². The maximum absolute atomic E-state index is 13.9. The first-order chi connectivity index (χ1) is 34.3. The van der Waals surface area contributed by atoms with Crippen LogP contribution in [0.2, 0.25) is 0 Å². The first-order valence-electron chi connectivity index (χ1n) is 26.6. The summed E-state index contributed by atoms with van der Waals surface area (Å²) in [4.78, 5) is 74.0. The second kappa shape index (κ2) is 27.5. The van der Waals surface area contributed by atoms with Gasteiger partial charge in [-0.25, -0.2) is 4.98 Å². The van der Waals surface area contributed by atoms with Crippen LogP contribution < -0.4 is 14.9 Å². The predicted octanol–water partition coefficient (Wildman–Crippen LogP) is 11.7. The second-order valence-electron chi connectivity index (χ2n) is 21.1. The number of likely N-dealkylation sites (N-methyl/N-ethyl adjacent to an activating group) is 1. The van der Waals surface area contributed by atoms with Crippen molar-refractivity contribution in [1.82, 2.24) is 19.9 Å². The molecule has 4 unspecified atom stereocenters. The van der Waals surface area contributed by atoms with Gasteiger partial charge in [0, 0.05) is 48.0 Å². The van der Waals surface area contributed by atoms with Crippen molar-refractivity contribution in [1.29, 1.82) is 0 Å². The molecule has 1 radical (unpaired) electrons. The molecular formula is C57H80CoN5O9P. The minimum absolute atomic E-state index is 0. The van der Waals surface area contributed by atoms with Crippen molar-refractivity contribution in [3.8, 4) is 0 Å². The summed E-state index contributed by atoms with van der Waals surface area (Å²) >= 11 is 0. The average Bonchev–Trinajstić information content (AvgIpc) is 4.09. The van der Waals surface area contributed by atoms with Gasteiger partial charge in [-0.15, -0.1) is 22.1 Å². The van der Waals surface area contributed by atoms with Crippen LogP contribution in [0.1, 0.15) is 204 Å². The minimum Gasteiger partial charge on any atom is -0.756 e. The Morgan fingerprint density at radius 1 is 0.836 bits per heavy atom. The topological polar surface area (TPSA) is 182 Å². The standard InChI is InChI=1S/C57H82N5O9P.Co/c1-11-14-15-16-17-18-19-20-21-22-23-24-25-26-53(64)68-35-41(36-70-72(66,67)69-30-29-62(8,9)10)71-54(65)28-27-44-39(6)48-32-46-37(4)42(12-2)50(58-46)33-47-38(5)43(13-3)51(59-47)34-49-40(7)55-52(63)31-45(56(44)60-48)57(55)61-49;/h12,32-34,39,41,44H,2,11,13-31,35-36H2,1,3-10H3,(H2-,58,59,60,61,63,66,67);/q;+2/p-2. The van der Waals surface area contributed by atoms with E-state index in [0.29, 0.717) is 39.7 Å². The maximum atomic E-state index is 13.9. The van der Waals surface area contributed by atoms with E-state index in [4.69, 9.17) is 38.5 Å². The van der Waals surface area contributed by atoms with E-state index in [0.717, 1.165) is 87.2 Å². The molecule has 0 saturated carbocycles. The van der Waals surface area contributed by atoms with Crippen molar-refractivity contribution in [3.05, 3.63) is 75.4 Å². The number of hydrogen-bond acceptors (Lipinski definition) is 11. The summed E-state index contributed by atoms with van der Waals surface area (Å²) in [6.45, 7) is 15.8. The van der Waals surface area contributed by atoms with Gasteiger partial charge in [0.2, 0.25) is 0 Å². The predicted molar refractivity (Wildman–Crippen MR) is 283 cm³/mol. The molecule has 14 nitrogen and oxygen atoms in total. The number of nitrogens with zero attached hydrogens (tertiary/aromatic N) is 5. The number of ketones is 1. The van der Waals surface area contributed by atoms with Gasteiger partial charge in [0.1, 0.15) is 19.8 Å². The summed E-state index contributed by atoms with van der Waals surface area (Å²) < 4.78 is 35.1. The van der Waals surface area contributed by atoms with Gasteiger partial charge >= 0.3 is 28.7 Å². The van der Waals surface area contributed by atoms with Crippen molar-refractivity contribution in [3.63, 3.8) is 0 Å². The third-order valence-corrected chi connectivity index (χ3v) is 15.5. The zero-order valence-corrected chi connectivity index (χ0v) is 46.9. The second-order valence-corrected chi connectivity index (χ2v) is 22.5. The molecule has 0 aromatic carbocycles. The third kappa shape index (κ3) is 16.1. The van der Waals surface area contributed by atoms with E-state index in [1.807, 2.05) is 59.3 Å². The fourth-order valence-corrected chi connectivity index (χ4v) is 10.8. The largest absolute Gasteiger partial charge is 2.00 e. The van der Waals surface area contributed by atoms with Crippen molar-refractivity contribution in [2.45, 2.75) is 175 Å². The number of hydrogen-bond donors (Lipinski definition) is 0. The number of aryl methyl sites for hydroxylation is 2. The Morgan fingerprint density at radius 3 is 2.10 bits per heavy atom. The van der Waals surface area contributed by atoms with E-state index in [2.05, 4.69) is 34.3 Å². The number of unbranched alkanes of at least 4 members (excludes halogenated alkanes) is 12. The molecule has 3 aromatic heterocycles. The SMILES string of the molecule is C=Cc1c(C)c2cc3nc(c4c5[n-]c(cc6nc(cc1[n-]2)C(C)=C6CC)c(C)c5C(=O)C4)C(CCC(=O)OC(COC(=O)CCCCCCCCCCCCCCC)COP(=O)([O-])OCC[N+](C)(C)C)C3C.[Co+2]. The Labute approximate surface area is 444 Å². The molecule has 1 aliphatic carbocycles. The molecule has 8 bridgehead atoms. The molecular weight excluding hydrogens is 989 g/mol. The summed E-state index contributed by atoms with van der Waals surface area (Å²) in [6, 6.07) is 5.95. The maximum Gasteiger partial charge on any atom is 2.00 e. The molecule has 4 atom stereocenters. The number of phosphoric acid groups is 1. The van der Waals surface area contributed by atoms with Crippen molar-refractivity contribution in [2.75, 3.05) is 47.5 Å². The van der Waals surface area contributed by atoms with Crippen LogP contribution in [-0.4, -0.2) is 85.8 Å². The van der Waals surface area contributed by atoms with Gasteiger partial charge in [0.05, 0.1) is 39.1 Å². The number of aromatic nitrogens is 4. The van der Waals surface area contributed by atoms with Crippen LogP contribution in [0, 0.1) is 13.8 Å². The van der Waals surface area contributed by atoms with Gasteiger partial charge in [-0.1, -0.05) is 140 Å². The fourth-order valence-electron chi connectivity index (χ4n) is 10.1. The summed E-state index contributed by atoms with van der Waals surface area (Å²) in [5.41, 5.74) is 11.9. The molecule has 6 rings (SSSR count). The molecule has 0 N–H and O–H groups in total. The summed E-state index contributed by atoms with van der Waals surface area (Å²) in [5.74, 6) is -1.66. The normalized spacial score (nSPS) is 16.6. The van der Waals surface area contributed by atoms with Gasteiger partial charge in [0.25, 0.3) is 7.82 Å². The molecule has 0 spiro atoms. The third-order valence-electron chi connectivity index (χ3n) is 14.5. The van der Waals surface area contributed by atoms with Crippen LogP contribution in [0.15, 0.2) is 24.8 Å². The van der Waals surface area contributed by atoms with Crippen LogP contribution in [0.3, 0.4) is 0 Å². The van der Waals surface area contributed by atoms with Gasteiger partial charge in [-0.2, -0.15) is 0 Å². The van der Waals surface area contributed by atoms with E-state index in [-0.39, 0.29) is 73.3 Å². The number of carbonyl (C=O) groups is 3. The Bertz CT molecular complexity index is 2680. The summed E-state index contributed by atoms with van der Waals surface area (Å²) in [6.07, 6.45) is 17.2. The molecule has 3 aromatic rings. The number of Topliss-reactive ketones (excluding diaryl/α,β-unsaturated/α-hetero) is 1. The molecule has 16 heteroatoms. The van der Waals surface area contributed by atoms with E-state index >= 15 is 0 Å². The van der Waals surface area contributed by atoms with Crippen LogP contribution in [0.4, 0.5) is 0 Å². The monoisotopic (exact) mass is 1070 g/mol. The Balaban J connectivity index is 0.00000988. The van der Waals surface area contributed by atoms with Gasteiger partial charge in [0.15, 0.2) is 11.9 Å². The van der Waals surface area contributed by atoms with Crippen LogP contribution in [0.5, 0.6) is 0 Å². The molecule has 0 saturated heterocycles. The Kier molecular flexibility index (Phi) is 22.5. The van der Waals surface area contributed by atoms with Crippen molar-refractivity contribution < 1.29 is 63.6 Å². The smallest absolute Gasteiger partial charge is 0.756 e. The molecule has 5 heterocycles. The van der Waals surface area contributed by atoms with Crippen LogP contribution in [-0.2, 0) is 55.9 Å². The van der Waals surface area contributed by atoms with E-state index in [9.17, 15) is 23.8 Å². The van der Waals surface area contributed by atoms with Crippen LogP contribution in [0.25, 0.3) is 39.3 Å². The van der Waals surface area contributed by atoms with Crippen LogP contribution >= 0.6 is 7.82 Å². The Morgan fingerprint density at radius 2 is 1.47 bits per heavy atom. The first-order valence-corrected chi connectivity index (χ1v) is 28.1. The van der Waals surface area contributed by atoms with Gasteiger partial charge in [-0.05, 0) is 62.3 Å². The summed E-state index contributed by atoms with van der Waals surface area (Å²) in [5, 5.41) is 0. The van der Waals surface area contributed by atoms with Gasteiger partial charge < -0.3 is 37.9 Å². The molecule has 3 aliphatic rings. The molecule has 0 fully saturated rings. The molecule has 0 amide bonds. The zero-order valence-electron chi connectivity index (χ0n) is 45.0. The van der Waals surface area contributed by atoms with Gasteiger partial charge in [-0.3, -0.25) is 23.9 Å². The number of rotatable bonds is 29. The Hall–Kier alpha value is -4.21. The zero-order chi connectivity index (χ0) is 52.2. The van der Waals surface area contributed by atoms with E-state index < -0.39 is 32.5 Å². The number of allylic oxidation sites excluding steroid dienone is 2. The average molecular weight is 1070 g/mol.